The first-order valence-electron chi connectivity index (χ1n) is 5.44. The van der Waals surface area contributed by atoms with Crippen molar-refractivity contribution >= 4 is 28.9 Å². The summed E-state index contributed by atoms with van der Waals surface area (Å²) >= 11 is 7.48. The molecule has 1 rings (SSSR count). The fourth-order valence-electron chi connectivity index (χ4n) is 1.28. The molecule has 0 radical (unpaired) electrons. The van der Waals surface area contributed by atoms with Crippen LogP contribution in [0.4, 0.5) is 0 Å². The van der Waals surface area contributed by atoms with Gasteiger partial charge in [-0.25, -0.2) is 0 Å². The molecule has 0 aliphatic heterocycles. The number of rotatable bonds is 6. The van der Waals surface area contributed by atoms with Gasteiger partial charge in [0.2, 0.25) is 0 Å². The third kappa shape index (κ3) is 5.91. The van der Waals surface area contributed by atoms with E-state index in [1.165, 1.54) is 4.88 Å². The molecule has 1 heterocycles. The molecule has 0 aliphatic carbocycles. The van der Waals surface area contributed by atoms with E-state index >= 15 is 0 Å². The molecule has 0 spiro atoms. The highest BCUT2D eigenvalue weighted by molar-refractivity contribution is 7.16. The predicted octanol–water partition coefficient (Wildman–Crippen LogP) is 1.76. The number of aliphatic imine (C=N–C) groups is 1. The number of ether oxygens (including phenoxy) is 1. The maximum atomic E-state index is 5.86. The minimum absolute atomic E-state index is 0.668. The van der Waals surface area contributed by atoms with E-state index < -0.39 is 0 Å². The Kier molecular flexibility index (Phi) is 7.00. The van der Waals surface area contributed by atoms with Crippen molar-refractivity contribution in [1.29, 1.82) is 0 Å². The van der Waals surface area contributed by atoms with Crippen LogP contribution in [0.2, 0.25) is 4.34 Å². The zero-order valence-corrected chi connectivity index (χ0v) is 11.7. The largest absolute Gasteiger partial charge is 0.383 e. The van der Waals surface area contributed by atoms with Crippen molar-refractivity contribution in [3.63, 3.8) is 0 Å². The highest BCUT2D eigenvalue weighted by Gasteiger charge is 1.99. The average Bonchev–Trinajstić information content (AvgIpc) is 2.73. The lowest BCUT2D eigenvalue weighted by atomic mass is 10.3. The van der Waals surface area contributed by atoms with Crippen LogP contribution in [0.15, 0.2) is 17.1 Å². The quantitative estimate of drug-likeness (QED) is 0.472. The van der Waals surface area contributed by atoms with Crippen LogP contribution in [-0.4, -0.2) is 39.8 Å². The molecule has 0 bridgehead atoms. The van der Waals surface area contributed by atoms with Crippen LogP contribution in [0.3, 0.4) is 0 Å². The van der Waals surface area contributed by atoms with Crippen LogP contribution < -0.4 is 10.6 Å². The van der Waals surface area contributed by atoms with Crippen molar-refractivity contribution in [2.75, 3.05) is 33.9 Å². The zero-order chi connectivity index (χ0) is 12.5. The first-order chi connectivity index (χ1) is 8.26. The molecule has 17 heavy (non-hydrogen) atoms. The molecule has 96 valence electrons. The average molecular weight is 276 g/mol. The number of methoxy groups -OCH3 is 1. The highest BCUT2D eigenvalue weighted by atomic mass is 35.5. The van der Waals surface area contributed by atoms with Crippen molar-refractivity contribution in [3.05, 3.63) is 21.3 Å². The van der Waals surface area contributed by atoms with Gasteiger partial charge in [-0.3, -0.25) is 4.99 Å². The normalized spacial score (nSPS) is 11.6. The Morgan fingerprint density at radius 1 is 1.41 bits per heavy atom. The molecule has 0 aromatic carbocycles. The summed E-state index contributed by atoms with van der Waals surface area (Å²) in [6, 6.07) is 3.98. The standard InChI is InChI=1S/C11H18ClN3OS/c1-13-11(15-7-8-16-2)14-6-5-9-3-4-10(12)17-9/h3-4H,5-8H2,1-2H3,(H2,13,14,15). The van der Waals surface area contributed by atoms with Crippen LogP contribution in [0.1, 0.15) is 4.88 Å². The second-order valence-electron chi connectivity index (χ2n) is 3.37. The summed E-state index contributed by atoms with van der Waals surface area (Å²) < 4.78 is 5.79. The topological polar surface area (TPSA) is 45.7 Å². The molecule has 1 aromatic rings. The Hall–Kier alpha value is -0.780. The van der Waals surface area contributed by atoms with Gasteiger partial charge in [0.15, 0.2) is 5.96 Å². The Balaban J connectivity index is 2.19. The summed E-state index contributed by atoms with van der Waals surface area (Å²) in [6.07, 6.45) is 0.947. The monoisotopic (exact) mass is 275 g/mol. The Labute approximate surface area is 111 Å². The molecule has 1 aromatic heterocycles. The van der Waals surface area contributed by atoms with Crippen LogP contribution in [0.5, 0.6) is 0 Å². The van der Waals surface area contributed by atoms with E-state index in [0.29, 0.717) is 6.61 Å². The summed E-state index contributed by atoms with van der Waals surface area (Å²) in [5, 5.41) is 6.39. The van der Waals surface area contributed by atoms with Gasteiger partial charge < -0.3 is 15.4 Å². The molecular weight excluding hydrogens is 258 g/mol. The number of nitrogens with one attached hydrogen (secondary N) is 2. The molecule has 4 nitrogen and oxygen atoms in total. The van der Waals surface area contributed by atoms with Crippen LogP contribution in [0.25, 0.3) is 0 Å². The third-order valence-corrected chi connectivity index (χ3v) is 3.41. The fourth-order valence-corrected chi connectivity index (χ4v) is 2.37. The minimum Gasteiger partial charge on any atom is -0.383 e. The van der Waals surface area contributed by atoms with Crippen molar-refractivity contribution < 1.29 is 4.74 Å². The van der Waals surface area contributed by atoms with Crippen LogP contribution >= 0.6 is 22.9 Å². The van der Waals surface area contributed by atoms with Gasteiger partial charge >= 0.3 is 0 Å². The van der Waals surface area contributed by atoms with Crippen molar-refractivity contribution in [1.82, 2.24) is 10.6 Å². The summed E-state index contributed by atoms with van der Waals surface area (Å²) in [5.74, 6) is 0.796. The van der Waals surface area contributed by atoms with Crippen LogP contribution in [-0.2, 0) is 11.2 Å². The van der Waals surface area contributed by atoms with Crippen LogP contribution in [0, 0.1) is 0 Å². The molecule has 0 saturated carbocycles. The van der Waals surface area contributed by atoms with Gasteiger partial charge in [0.05, 0.1) is 10.9 Å². The van der Waals surface area contributed by atoms with E-state index in [1.54, 1.807) is 25.5 Å². The molecule has 2 N–H and O–H groups in total. The van der Waals surface area contributed by atoms with Gasteiger partial charge in [0, 0.05) is 32.1 Å². The Morgan fingerprint density at radius 3 is 2.76 bits per heavy atom. The maximum absolute atomic E-state index is 5.86. The second kappa shape index (κ2) is 8.33. The molecule has 0 atom stereocenters. The molecular formula is C11H18ClN3OS. The van der Waals surface area contributed by atoms with Gasteiger partial charge in [0.1, 0.15) is 0 Å². The fraction of sp³-hybridized carbons (Fsp3) is 0.545. The van der Waals surface area contributed by atoms with Gasteiger partial charge in [-0.05, 0) is 18.6 Å². The number of nitrogens with zero attached hydrogens (tertiary/aromatic N) is 1. The minimum atomic E-state index is 0.668. The van der Waals surface area contributed by atoms with Gasteiger partial charge in [-0.2, -0.15) is 0 Å². The first kappa shape index (κ1) is 14.3. The smallest absolute Gasteiger partial charge is 0.191 e. The Bertz CT molecular complexity index is 354. The lowest BCUT2D eigenvalue weighted by molar-refractivity contribution is 0.203. The SMILES string of the molecule is CN=C(NCCOC)NCCc1ccc(Cl)s1. The van der Waals surface area contributed by atoms with E-state index in [2.05, 4.69) is 21.7 Å². The van der Waals surface area contributed by atoms with Gasteiger partial charge in [0.25, 0.3) is 0 Å². The molecule has 0 aliphatic rings. The number of guanidine groups is 1. The molecule has 0 amide bonds. The van der Waals surface area contributed by atoms with E-state index in [9.17, 15) is 0 Å². The number of halogens is 1. The van der Waals surface area contributed by atoms with Gasteiger partial charge in [-0.15, -0.1) is 11.3 Å². The molecule has 0 saturated heterocycles. The summed E-state index contributed by atoms with van der Waals surface area (Å²) in [7, 11) is 3.43. The van der Waals surface area contributed by atoms with E-state index in [1.807, 2.05) is 6.07 Å². The highest BCUT2D eigenvalue weighted by Crippen LogP contribution is 2.21. The molecule has 6 heteroatoms. The maximum Gasteiger partial charge on any atom is 0.191 e. The zero-order valence-electron chi connectivity index (χ0n) is 10.1. The molecule has 0 unspecified atom stereocenters. The Morgan fingerprint density at radius 2 is 2.18 bits per heavy atom. The predicted molar refractivity (Wildman–Crippen MR) is 74.3 cm³/mol. The van der Waals surface area contributed by atoms with E-state index in [-0.39, 0.29) is 0 Å². The third-order valence-electron chi connectivity index (χ3n) is 2.11. The van der Waals surface area contributed by atoms with Gasteiger partial charge in [-0.1, -0.05) is 11.6 Å². The molecule has 0 fully saturated rings. The second-order valence-corrected chi connectivity index (χ2v) is 5.17. The van der Waals surface area contributed by atoms with Crippen molar-refractivity contribution in [2.24, 2.45) is 4.99 Å². The number of hydrogen-bond acceptors (Lipinski definition) is 3. The van der Waals surface area contributed by atoms with Crippen molar-refractivity contribution in [2.45, 2.75) is 6.42 Å². The van der Waals surface area contributed by atoms with Crippen molar-refractivity contribution in [3.8, 4) is 0 Å². The summed E-state index contributed by atoms with van der Waals surface area (Å²) in [5.41, 5.74) is 0. The lowest BCUT2D eigenvalue weighted by Gasteiger charge is -2.10. The summed E-state index contributed by atoms with van der Waals surface area (Å²) in [6.45, 7) is 2.26. The summed E-state index contributed by atoms with van der Waals surface area (Å²) in [4.78, 5) is 5.39. The van der Waals surface area contributed by atoms with E-state index in [0.717, 1.165) is 29.8 Å². The van der Waals surface area contributed by atoms with E-state index in [4.69, 9.17) is 16.3 Å². The number of thiophene rings is 1. The lowest BCUT2D eigenvalue weighted by Crippen LogP contribution is -2.39. The number of hydrogen-bond donors (Lipinski definition) is 2. The first-order valence-corrected chi connectivity index (χ1v) is 6.63.